The zero-order valence-electron chi connectivity index (χ0n) is 17.9. The molecule has 4 rings (SSSR count). The molecule has 6 nitrogen and oxygen atoms in total. The highest BCUT2D eigenvalue weighted by Gasteiger charge is 2.27. The van der Waals surface area contributed by atoms with E-state index < -0.39 is 0 Å². The van der Waals surface area contributed by atoms with E-state index in [0.29, 0.717) is 17.3 Å². The van der Waals surface area contributed by atoms with Crippen LogP contribution in [-0.2, 0) is 12.8 Å². The van der Waals surface area contributed by atoms with Gasteiger partial charge in [0.2, 0.25) is 5.82 Å². The first-order valence-corrected chi connectivity index (χ1v) is 10.3. The zero-order chi connectivity index (χ0) is 21.3. The van der Waals surface area contributed by atoms with Crippen LogP contribution in [0.25, 0.3) is 23.5 Å². The van der Waals surface area contributed by atoms with Crippen LogP contribution in [0, 0.1) is 5.41 Å². The highest BCUT2D eigenvalue weighted by atomic mass is 16.5. The summed E-state index contributed by atoms with van der Waals surface area (Å²) in [5.74, 6) is 1.46. The lowest BCUT2D eigenvalue weighted by Crippen LogP contribution is -2.26. The van der Waals surface area contributed by atoms with Crippen molar-refractivity contribution in [2.45, 2.75) is 53.1 Å². The van der Waals surface area contributed by atoms with Crippen molar-refractivity contribution < 1.29 is 9.26 Å². The van der Waals surface area contributed by atoms with Gasteiger partial charge in [-0.1, -0.05) is 31.1 Å². The van der Waals surface area contributed by atoms with Crippen LogP contribution in [0.1, 0.15) is 56.8 Å². The minimum absolute atomic E-state index is 0.114. The van der Waals surface area contributed by atoms with Gasteiger partial charge in [-0.3, -0.25) is 4.79 Å². The number of fused-ring (bicyclic) bond motifs is 1. The molecular formula is C24H27N3O3. The molecule has 0 fully saturated rings. The van der Waals surface area contributed by atoms with Crippen LogP contribution < -0.4 is 10.3 Å². The molecule has 0 aliphatic heterocycles. The number of rotatable bonds is 5. The van der Waals surface area contributed by atoms with Crippen LogP contribution in [0.5, 0.6) is 5.75 Å². The van der Waals surface area contributed by atoms with E-state index in [1.165, 1.54) is 0 Å². The molecule has 0 atom stereocenters. The molecule has 156 valence electrons. The minimum Gasteiger partial charge on any atom is -0.491 e. The summed E-state index contributed by atoms with van der Waals surface area (Å²) in [4.78, 5) is 20.0. The summed E-state index contributed by atoms with van der Waals surface area (Å²) in [6, 6.07) is 9.69. The molecule has 0 bridgehead atoms. The zero-order valence-corrected chi connectivity index (χ0v) is 17.9. The molecule has 3 aromatic rings. The minimum atomic E-state index is -0.179. The average molecular weight is 405 g/mol. The Hall–Kier alpha value is -3.15. The van der Waals surface area contributed by atoms with Crippen molar-refractivity contribution >= 4 is 12.2 Å². The second kappa shape index (κ2) is 7.94. The first-order chi connectivity index (χ1) is 14.3. The van der Waals surface area contributed by atoms with Crippen molar-refractivity contribution in [3.05, 3.63) is 63.4 Å². The monoisotopic (exact) mass is 405 g/mol. The lowest BCUT2D eigenvalue weighted by Gasteiger charge is -2.30. The second-order valence-electron chi connectivity index (χ2n) is 8.89. The summed E-state index contributed by atoms with van der Waals surface area (Å²) in [7, 11) is 0. The molecule has 30 heavy (non-hydrogen) atoms. The maximum Gasteiger partial charge on any atom is 0.259 e. The topological polar surface area (TPSA) is 81.0 Å². The third-order valence-electron chi connectivity index (χ3n) is 5.27. The Bertz CT molecular complexity index is 1140. The van der Waals surface area contributed by atoms with Crippen LogP contribution >= 0.6 is 0 Å². The predicted octanol–water partition coefficient (Wildman–Crippen LogP) is 4.90. The fraction of sp³-hybridized carbons (Fsp3) is 0.375. The van der Waals surface area contributed by atoms with Gasteiger partial charge >= 0.3 is 0 Å². The fourth-order valence-electron chi connectivity index (χ4n) is 3.74. The molecule has 0 spiro atoms. The highest BCUT2D eigenvalue weighted by Crippen LogP contribution is 2.34. The predicted molar refractivity (Wildman–Crippen MR) is 117 cm³/mol. The molecule has 1 N–H and O–H groups in total. The molecule has 1 aliphatic carbocycles. The quantitative estimate of drug-likeness (QED) is 0.653. The number of pyridine rings is 1. The van der Waals surface area contributed by atoms with Crippen LogP contribution in [0.15, 0.2) is 39.6 Å². The van der Waals surface area contributed by atoms with E-state index in [-0.39, 0.29) is 17.1 Å². The summed E-state index contributed by atoms with van der Waals surface area (Å²) in [6.07, 6.45) is 6.63. The van der Waals surface area contributed by atoms with E-state index in [9.17, 15) is 4.79 Å². The number of nitrogens with zero attached hydrogens (tertiary/aromatic N) is 2. The van der Waals surface area contributed by atoms with E-state index >= 15 is 0 Å². The van der Waals surface area contributed by atoms with Crippen molar-refractivity contribution in [1.82, 2.24) is 15.1 Å². The van der Waals surface area contributed by atoms with E-state index in [1.807, 2.05) is 50.3 Å². The Kier molecular flexibility index (Phi) is 5.33. The summed E-state index contributed by atoms with van der Waals surface area (Å²) < 4.78 is 11.1. The molecule has 0 saturated heterocycles. The van der Waals surface area contributed by atoms with Crippen molar-refractivity contribution in [1.29, 1.82) is 0 Å². The van der Waals surface area contributed by atoms with Crippen molar-refractivity contribution in [2.24, 2.45) is 5.41 Å². The number of hydrogen-bond donors (Lipinski definition) is 1. The van der Waals surface area contributed by atoms with Crippen LogP contribution in [0.4, 0.5) is 0 Å². The number of aromatic nitrogens is 3. The van der Waals surface area contributed by atoms with Crippen LogP contribution in [0.2, 0.25) is 0 Å². The molecule has 2 heterocycles. The van der Waals surface area contributed by atoms with Gasteiger partial charge in [-0.05, 0) is 73.9 Å². The maximum atomic E-state index is 12.6. The summed E-state index contributed by atoms with van der Waals surface area (Å²) in [5, 5.41) is 4.01. The molecule has 1 aliphatic rings. The summed E-state index contributed by atoms with van der Waals surface area (Å²) >= 11 is 0. The maximum absolute atomic E-state index is 12.6. The molecule has 0 unspecified atom stereocenters. The van der Waals surface area contributed by atoms with Gasteiger partial charge in [0.25, 0.3) is 11.4 Å². The molecule has 0 saturated carbocycles. The van der Waals surface area contributed by atoms with E-state index in [4.69, 9.17) is 9.26 Å². The SMILES string of the molecule is CC(C)Oc1cccc(/C=C/c2nc(-c3cc4c([nH]c3=O)CC(C)(C)CC4)no2)c1. The van der Waals surface area contributed by atoms with Gasteiger partial charge in [-0.2, -0.15) is 4.98 Å². The normalized spacial score (nSPS) is 15.5. The number of benzene rings is 1. The third kappa shape index (κ3) is 4.53. The Morgan fingerprint density at radius 1 is 1.23 bits per heavy atom. The molecule has 6 heteroatoms. The van der Waals surface area contributed by atoms with Gasteiger partial charge in [0, 0.05) is 11.8 Å². The third-order valence-corrected chi connectivity index (χ3v) is 5.27. The van der Waals surface area contributed by atoms with Gasteiger partial charge in [-0.15, -0.1) is 0 Å². The van der Waals surface area contributed by atoms with Crippen molar-refractivity contribution in [3.8, 4) is 17.1 Å². The van der Waals surface area contributed by atoms with E-state index in [0.717, 1.165) is 41.8 Å². The van der Waals surface area contributed by atoms with Crippen LogP contribution in [-0.4, -0.2) is 21.2 Å². The van der Waals surface area contributed by atoms with E-state index in [2.05, 4.69) is 29.0 Å². The Labute approximate surface area is 176 Å². The Morgan fingerprint density at radius 2 is 2.07 bits per heavy atom. The Balaban J connectivity index is 1.55. The average Bonchev–Trinajstić information content (AvgIpc) is 3.14. The van der Waals surface area contributed by atoms with Gasteiger partial charge in [0.05, 0.1) is 11.7 Å². The molecule has 2 aromatic heterocycles. The first-order valence-electron chi connectivity index (χ1n) is 10.3. The second-order valence-corrected chi connectivity index (χ2v) is 8.89. The van der Waals surface area contributed by atoms with Crippen molar-refractivity contribution in [2.75, 3.05) is 0 Å². The van der Waals surface area contributed by atoms with Crippen molar-refractivity contribution in [3.63, 3.8) is 0 Å². The van der Waals surface area contributed by atoms with Gasteiger partial charge in [0.1, 0.15) is 5.75 Å². The van der Waals surface area contributed by atoms with Gasteiger partial charge in [-0.25, -0.2) is 0 Å². The lowest BCUT2D eigenvalue weighted by molar-refractivity contribution is 0.242. The highest BCUT2D eigenvalue weighted by molar-refractivity contribution is 5.67. The van der Waals surface area contributed by atoms with Gasteiger partial charge < -0.3 is 14.2 Å². The molecule has 0 radical (unpaired) electrons. The smallest absolute Gasteiger partial charge is 0.259 e. The largest absolute Gasteiger partial charge is 0.491 e. The Morgan fingerprint density at radius 3 is 2.87 bits per heavy atom. The molecular weight excluding hydrogens is 378 g/mol. The van der Waals surface area contributed by atoms with E-state index in [1.54, 1.807) is 6.08 Å². The fourth-order valence-corrected chi connectivity index (χ4v) is 3.74. The molecule has 1 aromatic carbocycles. The lowest BCUT2D eigenvalue weighted by atomic mass is 9.76. The number of nitrogens with one attached hydrogen (secondary N) is 1. The number of hydrogen-bond acceptors (Lipinski definition) is 5. The number of aromatic amines is 1. The molecule has 0 amide bonds. The van der Waals surface area contributed by atoms with Crippen LogP contribution in [0.3, 0.4) is 0 Å². The summed E-state index contributed by atoms with van der Waals surface area (Å²) in [5.41, 5.74) is 3.62. The summed E-state index contributed by atoms with van der Waals surface area (Å²) in [6.45, 7) is 8.44. The number of H-pyrrole nitrogens is 1. The number of aryl methyl sites for hydroxylation is 1. The van der Waals surface area contributed by atoms with Gasteiger partial charge in [0.15, 0.2) is 0 Å². The number of ether oxygens (including phenoxy) is 1. The first kappa shape index (κ1) is 20.1. The standard InChI is InChI=1S/C24H27N3O3/c1-15(2)29-18-7-5-6-16(12-18)8-9-21-26-22(27-30-21)19-13-17-10-11-24(3,4)14-20(17)25-23(19)28/h5-9,12-13,15H,10-11,14H2,1-4H3,(H,25,28)/b9-8+.